The van der Waals surface area contributed by atoms with E-state index in [1.165, 1.54) is 6.07 Å². The monoisotopic (exact) mass is 426 g/mol. The highest BCUT2D eigenvalue weighted by molar-refractivity contribution is 9.10. The van der Waals surface area contributed by atoms with E-state index >= 15 is 0 Å². The van der Waals surface area contributed by atoms with Crippen molar-refractivity contribution in [1.29, 1.82) is 0 Å². The second kappa shape index (κ2) is 8.98. The first-order valence-corrected chi connectivity index (χ1v) is 9.97. The van der Waals surface area contributed by atoms with Gasteiger partial charge >= 0.3 is 0 Å². The molecule has 1 amide bonds. The molecule has 2 aromatic carbocycles. The van der Waals surface area contributed by atoms with Gasteiger partial charge in [0.15, 0.2) is 0 Å². The lowest BCUT2D eigenvalue weighted by molar-refractivity contribution is 0.0954. The Balaban J connectivity index is 1.96. The van der Waals surface area contributed by atoms with Gasteiger partial charge in [0, 0.05) is 23.1 Å². The molecule has 0 aliphatic carbocycles. The molecule has 0 aliphatic rings. The van der Waals surface area contributed by atoms with Gasteiger partial charge in [-0.1, -0.05) is 34.1 Å². The van der Waals surface area contributed by atoms with Crippen LogP contribution >= 0.6 is 15.9 Å². The van der Waals surface area contributed by atoms with E-state index in [0.29, 0.717) is 16.6 Å². The van der Waals surface area contributed by atoms with Crippen LogP contribution in [-0.4, -0.2) is 34.0 Å². The van der Waals surface area contributed by atoms with Gasteiger partial charge in [-0.05, 0) is 37.3 Å². The molecule has 0 spiro atoms. The van der Waals surface area contributed by atoms with Crippen LogP contribution in [0, 0.1) is 0 Å². The van der Waals surface area contributed by atoms with Crippen molar-refractivity contribution in [3.8, 4) is 5.75 Å². The SMILES string of the molecule is CCOc1ccc(Br)cc1S(=O)(=O)NCCNC(=O)c1ccccc1. The Morgan fingerprint density at radius 3 is 2.52 bits per heavy atom. The predicted molar refractivity (Wildman–Crippen MR) is 99.3 cm³/mol. The van der Waals surface area contributed by atoms with E-state index in [9.17, 15) is 13.2 Å². The van der Waals surface area contributed by atoms with E-state index in [1.54, 1.807) is 43.3 Å². The van der Waals surface area contributed by atoms with Gasteiger partial charge in [0.25, 0.3) is 5.91 Å². The third-order valence-corrected chi connectivity index (χ3v) is 5.21. The highest BCUT2D eigenvalue weighted by atomic mass is 79.9. The Morgan fingerprint density at radius 2 is 1.84 bits per heavy atom. The molecule has 0 aliphatic heterocycles. The molecule has 0 heterocycles. The summed E-state index contributed by atoms with van der Waals surface area (Å²) < 4.78 is 33.4. The Labute approximate surface area is 155 Å². The fraction of sp³-hybridized carbons (Fsp3) is 0.235. The first-order chi connectivity index (χ1) is 11.9. The number of carbonyl (C=O) groups is 1. The number of rotatable bonds is 8. The Kier molecular flexibility index (Phi) is 6.98. The molecule has 2 aromatic rings. The van der Waals surface area contributed by atoms with Gasteiger partial charge in [0.2, 0.25) is 10.0 Å². The number of sulfonamides is 1. The van der Waals surface area contributed by atoms with Crippen LogP contribution in [0.1, 0.15) is 17.3 Å². The molecule has 0 saturated heterocycles. The van der Waals surface area contributed by atoms with Gasteiger partial charge < -0.3 is 10.1 Å². The molecule has 134 valence electrons. The molecule has 8 heteroatoms. The Bertz CT molecular complexity index is 826. The maximum atomic E-state index is 12.5. The third kappa shape index (κ3) is 5.55. The first-order valence-electron chi connectivity index (χ1n) is 7.69. The Hall–Kier alpha value is -1.90. The second-order valence-electron chi connectivity index (χ2n) is 5.04. The summed E-state index contributed by atoms with van der Waals surface area (Å²) in [6.45, 7) is 2.38. The molecule has 2 N–H and O–H groups in total. The van der Waals surface area contributed by atoms with Crippen LogP contribution in [0.2, 0.25) is 0 Å². The van der Waals surface area contributed by atoms with Crippen molar-refractivity contribution in [2.75, 3.05) is 19.7 Å². The van der Waals surface area contributed by atoms with Gasteiger partial charge in [-0.15, -0.1) is 0 Å². The van der Waals surface area contributed by atoms with E-state index in [0.717, 1.165) is 0 Å². The lowest BCUT2D eigenvalue weighted by atomic mass is 10.2. The molecule has 0 atom stereocenters. The van der Waals surface area contributed by atoms with Gasteiger partial charge in [-0.2, -0.15) is 0 Å². The van der Waals surface area contributed by atoms with Crippen molar-refractivity contribution in [2.24, 2.45) is 0 Å². The minimum Gasteiger partial charge on any atom is -0.492 e. The molecule has 0 saturated carbocycles. The molecule has 0 fully saturated rings. The number of benzene rings is 2. The standard InChI is InChI=1S/C17H19BrN2O4S/c1-2-24-15-9-8-14(18)12-16(15)25(22,23)20-11-10-19-17(21)13-6-4-3-5-7-13/h3-9,12,20H,2,10-11H2,1H3,(H,19,21). The number of hydrogen-bond acceptors (Lipinski definition) is 4. The van der Waals surface area contributed by atoms with E-state index in [4.69, 9.17) is 4.74 Å². The number of carbonyl (C=O) groups excluding carboxylic acids is 1. The van der Waals surface area contributed by atoms with Gasteiger partial charge in [0.05, 0.1) is 6.61 Å². The topological polar surface area (TPSA) is 84.5 Å². The van der Waals surface area contributed by atoms with Crippen molar-refractivity contribution in [1.82, 2.24) is 10.0 Å². The van der Waals surface area contributed by atoms with Crippen LogP contribution in [0.15, 0.2) is 57.9 Å². The highest BCUT2D eigenvalue weighted by Gasteiger charge is 2.19. The van der Waals surface area contributed by atoms with Gasteiger partial charge in [-0.25, -0.2) is 13.1 Å². The van der Waals surface area contributed by atoms with E-state index in [1.807, 2.05) is 6.07 Å². The predicted octanol–water partition coefficient (Wildman–Crippen LogP) is 2.56. The molecule has 25 heavy (non-hydrogen) atoms. The summed E-state index contributed by atoms with van der Waals surface area (Å²) in [4.78, 5) is 12.0. The molecule has 0 unspecified atom stereocenters. The number of halogens is 1. The summed E-state index contributed by atoms with van der Waals surface area (Å²) in [6, 6.07) is 13.5. The molecule has 6 nitrogen and oxygen atoms in total. The van der Waals surface area contributed by atoms with E-state index in [2.05, 4.69) is 26.0 Å². The highest BCUT2D eigenvalue weighted by Crippen LogP contribution is 2.27. The quantitative estimate of drug-likeness (QED) is 0.635. The second-order valence-corrected chi connectivity index (χ2v) is 7.69. The van der Waals surface area contributed by atoms with Crippen LogP contribution in [0.25, 0.3) is 0 Å². The summed E-state index contributed by atoms with van der Waals surface area (Å²) in [5.41, 5.74) is 0.524. The molecule has 0 bridgehead atoms. The minimum absolute atomic E-state index is 0.0538. The summed E-state index contributed by atoms with van der Waals surface area (Å²) in [5, 5.41) is 2.67. The van der Waals surface area contributed by atoms with Crippen LogP contribution in [0.5, 0.6) is 5.75 Å². The van der Waals surface area contributed by atoms with Crippen LogP contribution in [0.3, 0.4) is 0 Å². The maximum Gasteiger partial charge on any atom is 0.251 e. The average Bonchev–Trinajstić information content (AvgIpc) is 2.61. The van der Waals surface area contributed by atoms with Crippen LogP contribution in [-0.2, 0) is 10.0 Å². The lowest BCUT2D eigenvalue weighted by Gasteiger charge is -2.12. The number of ether oxygens (including phenoxy) is 1. The molecule has 0 aromatic heterocycles. The number of nitrogens with one attached hydrogen (secondary N) is 2. The van der Waals surface area contributed by atoms with Crippen molar-refractivity contribution >= 4 is 31.9 Å². The maximum absolute atomic E-state index is 12.5. The molecule has 2 rings (SSSR count). The lowest BCUT2D eigenvalue weighted by Crippen LogP contribution is -2.34. The summed E-state index contributed by atoms with van der Waals surface area (Å²) in [5.74, 6) is 0.0313. The van der Waals surface area contributed by atoms with Crippen LogP contribution < -0.4 is 14.8 Å². The smallest absolute Gasteiger partial charge is 0.251 e. The average molecular weight is 427 g/mol. The zero-order valence-electron chi connectivity index (χ0n) is 13.7. The fourth-order valence-corrected chi connectivity index (χ4v) is 3.81. The molecular weight excluding hydrogens is 408 g/mol. The normalized spacial score (nSPS) is 11.1. The summed E-state index contributed by atoms with van der Waals surface area (Å²) >= 11 is 3.26. The fourth-order valence-electron chi connectivity index (χ4n) is 2.10. The number of amides is 1. The Morgan fingerprint density at radius 1 is 1.12 bits per heavy atom. The van der Waals surface area contributed by atoms with Crippen molar-refractivity contribution in [3.63, 3.8) is 0 Å². The first kappa shape index (κ1) is 19.4. The van der Waals surface area contributed by atoms with Crippen molar-refractivity contribution in [2.45, 2.75) is 11.8 Å². The zero-order valence-corrected chi connectivity index (χ0v) is 16.1. The van der Waals surface area contributed by atoms with E-state index < -0.39 is 10.0 Å². The van der Waals surface area contributed by atoms with Crippen molar-refractivity contribution in [3.05, 3.63) is 58.6 Å². The molecule has 0 radical (unpaired) electrons. The van der Waals surface area contributed by atoms with Gasteiger partial charge in [-0.3, -0.25) is 4.79 Å². The summed E-state index contributed by atoms with van der Waals surface area (Å²) in [7, 11) is -3.75. The summed E-state index contributed by atoms with van der Waals surface area (Å²) in [6.07, 6.45) is 0. The third-order valence-electron chi connectivity index (χ3n) is 3.23. The van der Waals surface area contributed by atoms with Gasteiger partial charge in [0.1, 0.15) is 10.6 Å². The zero-order chi connectivity index (χ0) is 18.3. The minimum atomic E-state index is -3.75. The molecular formula is C17H19BrN2O4S. The largest absolute Gasteiger partial charge is 0.492 e. The van der Waals surface area contributed by atoms with Crippen molar-refractivity contribution < 1.29 is 17.9 Å². The number of hydrogen-bond donors (Lipinski definition) is 2. The van der Waals surface area contributed by atoms with Crippen LogP contribution in [0.4, 0.5) is 0 Å². The van der Waals surface area contributed by atoms with E-state index in [-0.39, 0.29) is 29.6 Å².